The zero-order chi connectivity index (χ0) is 11.4. The first-order chi connectivity index (χ1) is 7.06. The lowest BCUT2D eigenvalue weighted by atomic mass is 10.1. The van der Waals surface area contributed by atoms with Crippen molar-refractivity contribution in [3.8, 4) is 0 Å². The Hall–Kier alpha value is -1.51. The lowest BCUT2D eigenvalue weighted by Gasteiger charge is -2.12. The van der Waals surface area contributed by atoms with Crippen molar-refractivity contribution in [1.82, 2.24) is 5.32 Å². The summed E-state index contributed by atoms with van der Waals surface area (Å²) in [6.07, 6.45) is 2.55. The minimum absolute atomic E-state index is 0.112. The fraction of sp³-hybridized carbons (Fsp3) is 0.417. The minimum Gasteiger partial charge on any atom is -0.467 e. The van der Waals surface area contributed by atoms with Gasteiger partial charge in [0.1, 0.15) is 5.76 Å². The van der Waals surface area contributed by atoms with Gasteiger partial charge in [0, 0.05) is 5.57 Å². The molecule has 0 aliphatic carbocycles. The maximum Gasteiger partial charge on any atom is 0.246 e. The Kier molecular flexibility index (Phi) is 3.72. The van der Waals surface area contributed by atoms with Crippen LogP contribution in [0.25, 0.3) is 0 Å². The second-order valence-electron chi connectivity index (χ2n) is 3.64. The minimum atomic E-state index is -0.138. The average molecular weight is 207 g/mol. The van der Waals surface area contributed by atoms with Gasteiger partial charge in [-0.15, -0.1) is 0 Å². The summed E-state index contributed by atoms with van der Waals surface area (Å²) < 4.78 is 5.35. The Morgan fingerprint density at radius 2 is 2.33 bits per heavy atom. The van der Waals surface area contributed by atoms with Gasteiger partial charge in [-0.25, -0.2) is 0 Å². The van der Waals surface area contributed by atoms with Crippen LogP contribution in [0, 0.1) is 0 Å². The summed E-state index contributed by atoms with van der Waals surface area (Å²) in [5.41, 5.74) is 1.64. The van der Waals surface area contributed by atoms with Crippen LogP contribution in [0.4, 0.5) is 0 Å². The van der Waals surface area contributed by atoms with Crippen molar-refractivity contribution in [3.05, 3.63) is 35.8 Å². The maximum absolute atomic E-state index is 11.4. The lowest BCUT2D eigenvalue weighted by Crippen LogP contribution is -2.27. The summed E-state index contributed by atoms with van der Waals surface area (Å²) in [5, 5.41) is 2.82. The molecule has 0 aromatic carbocycles. The van der Waals surface area contributed by atoms with Gasteiger partial charge in [0.25, 0.3) is 0 Å². The molecular formula is C12H17NO2. The molecule has 0 spiro atoms. The fourth-order valence-electron chi connectivity index (χ4n) is 1.40. The van der Waals surface area contributed by atoms with Crippen LogP contribution >= 0.6 is 0 Å². The first kappa shape index (κ1) is 11.6. The van der Waals surface area contributed by atoms with Crippen molar-refractivity contribution in [1.29, 1.82) is 0 Å². The molecule has 1 aromatic rings. The quantitative estimate of drug-likeness (QED) is 0.771. The standard InChI is InChI=1S/C12H17NO2/c1-5-10-6-7-15-11(10)9(4)13-12(14)8(2)3/h6-7,9H,2,5H2,1,3-4H3,(H,13,14). The molecular weight excluding hydrogens is 190 g/mol. The predicted octanol–water partition coefficient (Wildman–Crippen LogP) is 2.60. The summed E-state index contributed by atoms with van der Waals surface area (Å²) in [7, 11) is 0. The second kappa shape index (κ2) is 4.82. The van der Waals surface area contributed by atoms with Gasteiger partial charge in [0.2, 0.25) is 5.91 Å². The Morgan fingerprint density at radius 1 is 1.67 bits per heavy atom. The number of carbonyl (C=O) groups is 1. The SMILES string of the molecule is C=C(C)C(=O)NC(C)c1occc1CC. The molecule has 1 heterocycles. The third-order valence-corrected chi connectivity index (χ3v) is 2.29. The van der Waals surface area contributed by atoms with Crippen molar-refractivity contribution in [2.45, 2.75) is 33.2 Å². The Labute approximate surface area is 90.2 Å². The third kappa shape index (κ3) is 2.72. The van der Waals surface area contributed by atoms with Gasteiger partial charge in [0.15, 0.2) is 0 Å². The molecule has 0 bridgehead atoms. The van der Waals surface area contributed by atoms with E-state index < -0.39 is 0 Å². The van der Waals surface area contributed by atoms with Gasteiger partial charge in [0.05, 0.1) is 12.3 Å². The molecule has 0 aliphatic heterocycles. The summed E-state index contributed by atoms with van der Waals surface area (Å²) in [6, 6.07) is 1.82. The van der Waals surface area contributed by atoms with E-state index >= 15 is 0 Å². The third-order valence-electron chi connectivity index (χ3n) is 2.29. The molecule has 1 unspecified atom stereocenters. The molecule has 1 atom stereocenters. The molecule has 0 aliphatic rings. The van der Waals surface area contributed by atoms with E-state index in [0.717, 1.165) is 17.7 Å². The van der Waals surface area contributed by atoms with Gasteiger partial charge < -0.3 is 9.73 Å². The van der Waals surface area contributed by atoms with Crippen LogP contribution in [0.5, 0.6) is 0 Å². The van der Waals surface area contributed by atoms with Crippen LogP contribution in [0.2, 0.25) is 0 Å². The van der Waals surface area contributed by atoms with Gasteiger partial charge in [-0.1, -0.05) is 13.5 Å². The van der Waals surface area contributed by atoms with Crippen molar-refractivity contribution >= 4 is 5.91 Å². The number of nitrogens with one attached hydrogen (secondary N) is 1. The highest BCUT2D eigenvalue weighted by molar-refractivity contribution is 5.92. The molecule has 0 saturated carbocycles. The van der Waals surface area contributed by atoms with E-state index in [1.165, 1.54) is 0 Å². The largest absolute Gasteiger partial charge is 0.467 e. The van der Waals surface area contributed by atoms with Crippen LogP contribution in [0.3, 0.4) is 0 Å². The molecule has 0 radical (unpaired) electrons. The van der Waals surface area contributed by atoms with Gasteiger partial charge in [-0.3, -0.25) is 4.79 Å². The monoisotopic (exact) mass is 207 g/mol. The fourth-order valence-corrected chi connectivity index (χ4v) is 1.40. The van der Waals surface area contributed by atoms with Gasteiger partial charge in [-0.05, 0) is 31.9 Å². The molecule has 0 fully saturated rings. The highest BCUT2D eigenvalue weighted by Crippen LogP contribution is 2.19. The van der Waals surface area contributed by atoms with Crippen molar-refractivity contribution < 1.29 is 9.21 Å². The molecule has 1 N–H and O–H groups in total. The van der Waals surface area contributed by atoms with Crippen molar-refractivity contribution in [3.63, 3.8) is 0 Å². The smallest absolute Gasteiger partial charge is 0.246 e. The van der Waals surface area contributed by atoms with Gasteiger partial charge >= 0.3 is 0 Å². The van der Waals surface area contributed by atoms with E-state index in [0.29, 0.717) is 5.57 Å². The van der Waals surface area contributed by atoms with E-state index in [2.05, 4.69) is 18.8 Å². The zero-order valence-corrected chi connectivity index (χ0v) is 9.46. The zero-order valence-electron chi connectivity index (χ0n) is 9.46. The molecule has 82 valence electrons. The lowest BCUT2D eigenvalue weighted by molar-refractivity contribution is -0.118. The van der Waals surface area contributed by atoms with Crippen LogP contribution in [0.15, 0.2) is 28.9 Å². The summed E-state index contributed by atoms with van der Waals surface area (Å²) >= 11 is 0. The molecule has 0 saturated heterocycles. The topological polar surface area (TPSA) is 42.2 Å². The number of hydrogen-bond acceptors (Lipinski definition) is 2. The highest BCUT2D eigenvalue weighted by atomic mass is 16.3. The van der Waals surface area contributed by atoms with E-state index in [1.54, 1.807) is 13.2 Å². The van der Waals surface area contributed by atoms with E-state index in [4.69, 9.17) is 4.42 Å². The average Bonchev–Trinajstić information content (AvgIpc) is 2.64. The normalized spacial score (nSPS) is 12.2. The maximum atomic E-state index is 11.4. The van der Waals surface area contributed by atoms with Crippen LogP contribution in [-0.2, 0) is 11.2 Å². The number of aryl methyl sites for hydroxylation is 1. The van der Waals surface area contributed by atoms with Crippen LogP contribution < -0.4 is 5.32 Å². The summed E-state index contributed by atoms with van der Waals surface area (Å²) in [6.45, 7) is 9.23. The number of hydrogen-bond donors (Lipinski definition) is 1. The number of carbonyl (C=O) groups excluding carboxylic acids is 1. The molecule has 3 nitrogen and oxygen atoms in total. The first-order valence-electron chi connectivity index (χ1n) is 5.08. The number of amides is 1. The molecule has 1 amide bonds. The van der Waals surface area contributed by atoms with Crippen LogP contribution in [0.1, 0.15) is 38.1 Å². The predicted molar refractivity (Wildman–Crippen MR) is 59.5 cm³/mol. The molecule has 1 rings (SSSR count). The molecule has 15 heavy (non-hydrogen) atoms. The van der Waals surface area contributed by atoms with Crippen molar-refractivity contribution in [2.75, 3.05) is 0 Å². The number of furan rings is 1. The molecule has 1 aromatic heterocycles. The van der Waals surface area contributed by atoms with E-state index in [-0.39, 0.29) is 11.9 Å². The Morgan fingerprint density at radius 3 is 2.87 bits per heavy atom. The second-order valence-corrected chi connectivity index (χ2v) is 3.64. The Bertz CT molecular complexity index is 365. The molecule has 3 heteroatoms. The van der Waals surface area contributed by atoms with Crippen LogP contribution in [-0.4, -0.2) is 5.91 Å². The van der Waals surface area contributed by atoms with Gasteiger partial charge in [-0.2, -0.15) is 0 Å². The first-order valence-corrected chi connectivity index (χ1v) is 5.08. The number of rotatable bonds is 4. The summed E-state index contributed by atoms with van der Waals surface area (Å²) in [5.74, 6) is 0.688. The van der Waals surface area contributed by atoms with Crippen molar-refractivity contribution in [2.24, 2.45) is 0 Å². The summed E-state index contributed by atoms with van der Waals surface area (Å²) in [4.78, 5) is 11.4. The van der Waals surface area contributed by atoms with E-state index in [9.17, 15) is 4.79 Å². The Balaban J connectivity index is 2.73. The van der Waals surface area contributed by atoms with E-state index in [1.807, 2.05) is 13.0 Å². The highest BCUT2D eigenvalue weighted by Gasteiger charge is 2.15.